The van der Waals surface area contributed by atoms with Gasteiger partial charge in [0.25, 0.3) is 5.56 Å². The van der Waals surface area contributed by atoms with Crippen LogP contribution in [-0.4, -0.2) is 42.5 Å². The first-order valence-corrected chi connectivity index (χ1v) is 11.8. The zero-order valence-electron chi connectivity index (χ0n) is 21.3. The fourth-order valence-corrected chi connectivity index (χ4v) is 4.48. The van der Waals surface area contributed by atoms with E-state index in [0.29, 0.717) is 57.0 Å². The Morgan fingerprint density at radius 2 is 1.63 bits per heavy atom. The van der Waals surface area contributed by atoms with Crippen molar-refractivity contribution in [3.63, 3.8) is 0 Å². The van der Waals surface area contributed by atoms with Crippen LogP contribution in [0.2, 0.25) is 0 Å². The third kappa shape index (κ3) is 4.02. The van der Waals surface area contributed by atoms with Gasteiger partial charge in [0.15, 0.2) is 17.1 Å². The number of methoxy groups -OCH3 is 3. The molecule has 5 aromatic rings. The van der Waals surface area contributed by atoms with Gasteiger partial charge in [-0.3, -0.25) is 9.36 Å². The smallest absolute Gasteiger partial charge is 0.264 e. The van der Waals surface area contributed by atoms with E-state index >= 15 is 0 Å². The summed E-state index contributed by atoms with van der Waals surface area (Å²) in [6.07, 6.45) is 1.63. The van der Waals surface area contributed by atoms with Crippen molar-refractivity contribution in [1.29, 1.82) is 5.26 Å². The summed E-state index contributed by atoms with van der Waals surface area (Å²) >= 11 is 0. The fraction of sp³-hybridized carbons (Fsp3) is 0.172. The van der Waals surface area contributed by atoms with Gasteiger partial charge in [0.2, 0.25) is 11.6 Å². The highest BCUT2D eigenvalue weighted by atomic mass is 16.5. The first kappa shape index (κ1) is 24.6. The maximum atomic E-state index is 13.8. The molecule has 0 N–H and O–H groups in total. The molecule has 0 saturated heterocycles. The molecule has 3 aromatic heterocycles. The molecule has 0 bridgehead atoms. The predicted molar refractivity (Wildman–Crippen MR) is 144 cm³/mol. The number of aromatic nitrogens is 3. The molecule has 0 spiro atoms. The molecule has 0 aliphatic rings. The van der Waals surface area contributed by atoms with Crippen molar-refractivity contribution in [3.05, 3.63) is 76.7 Å². The quantitative estimate of drug-likeness (QED) is 0.286. The molecule has 9 nitrogen and oxygen atoms in total. The standard InChI is InChI=1S/C29H24N4O5/c1-5-38-28-21(16-30)25(17-9-7-6-8-10-17)20-15-19-22(31-27(20)32-28)11-12-33(29(19)34)18-13-23(35-2)26(37-4)24(14-18)36-3/h6-15H,5H2,1-4H3. The van der Waals surface area contributed by atoms with Gasteiger partial charge in [0, 0.05) is 29.3 Å². The Hall–Kier alpha value is -5.10. The molecule has 2 aromatic carbocycles. The van der Waals surface area contributed by atoms with Crippen LogP contribution in [0.3, 0.4) is 0 Å². The van der Waals surface area contributed by atoms with Crippen LogP contribution in [0.5, 0.6) is 23.1 Å². The lowest BCUT2D eigenvalue weighted by molar-refractivity contribution is 0.324. The van der Waals surface area contributed by atoms with Crippen LogP contribution < -0.4 is 24.5 Å². The number of hydrogen-bond donors (Lipinski definition) is 0. The van der Waals surface area contributed by atoms with Crippen LogP contribution in [0, 0.1) is 11.3 Å². The third-order valence-electron chi connectivity index (χ3n) is 6.19. The first-order chi connectivity index (χ1) is 18.5. The Morgan fingerprint density at radius 3 is 2.24 bits per heavy atom. The highest BCUT2D eigenvalue weighted by molar-refractivity contribution is 6.02. The molecule has 190 valence electrons. The van der Waals surface area contributed by atoms with E-state index in [9.17, 15) is 10.1 Å². The molecule has 0 atom stereocenters. The third-order valence-corrected chi connectivity index (χ3v) is 6.19. The Bertz CT molecular complexity index is 1750. The molecule has 0 aliphatic carbocycles. The number of fused-ring (bicyclic) bond motifs is 2. The second-order valence-electron chi connectivity index (χ2n) is 8.24. The maximum Gasteiger partial charge on any atom is 0.264 e. The van der Waals surface area contributed by atoms with E-state index in [4.69, 9.17) is 18.9 Å². The van der Waals surface area contributed by atoms with Gasteiger partial charge in [-0.15, -0.1) is 0 Å². The summed E-state index contributed by atoms with van der Waals surface area (Å²) in [6.45, 7) is 2.17. The number of pyridine rings is 3. The summed E-state index contributed by atoms with van der Waals surface area (Å²) in [6, 6.07) is 18.6. The van der Waals surface area contributed by atoms with E-state index in [1.165, 1.54) is 25.9 Å². The lowest BCUT2D eigenvalue weighted by Crippen LogP contribution is -2.18. The Kier molecular flexibility index (Phi) is 6.54. The molecule has 0 radical (unpaired) electrons. The van der Waals surface area contributed by atoms with E-state index in [2.05, 4.69) is 16.0 Å². The zero-order chi connectivity index (χ0) is 26.8. The summed E-state index contributed by atoms with van der Waals surface area (Å²) in [5.74, 6) is 1.47. The molecule has 0 aliphatic heterocycles. The average Bonchev–Trinajstić information content (AvgIpc) is 2.95. The van der Waals surface area contributed by atoms with Crippen LogP contribution >= 0.6 is 0 Å². The van der Waals surface area contributed by atoms with E-state index in [-0.39, 0.29) is 17.0 Å². The second kappa shape index (κ2) is 10.1. The van der Waals surface area contributed by atoms with Crippen LogP contribution in [0.4, 0.5) is 0 Å². The predicted octanol–water partition coefficient (Wildman–Crippen LogP) is 4.90. The summed E-state index contributed by atoms with van der Waals surface area (Å²) in [4.78, 5) is 23.0. The zero-order valence-corrected chi connectivity index (χ0v) is 21.3. The van der Waals surface area contributed by atoms with Crippen molar-refractivity contribution in [2.45, 2.75) is 6.92 Å². The number of ether oxygens (including phenoxy) is 4. The summed E-state index contributed by atoms with van der Waals surface area (Å²) < 4.78 is 23.5. The first-order valence-electron chi connectivity index (χ1n) is 11.8. The fourth-order valence-electron chi connectivity index (χ4n) is 4.48. The highest BCUT2D eigenvalue weighted by Gasteiger charge is 2.21. The van der Waals surface area contributed by atoms with E-state index in [1.807, 2.05) is 37.3 Å². The lowest BCUT2D eigenvalue weighted by atomic mass is 9.97. The normalized spacial score (nSPS) is 10.8. The minimum atomic E-state index is -0.308. The van der Waals surface area contributed by atoms with Gasteiger partial charge in [-0.2, -0.15) is 10.2 Å². The summed E-state index contributed by atoms with van der Waals surface area (Å²) in [5.41, 5.74) is 2.74. The summed E-state index contributed by atoms with van der Waals surface area (Å²) in [7, 11) is 4.55. The second-order valence-corrected chi connectivity index (χ2v) is 8.24. The number of nitrogens with zero attached hydrogens (tertiary/aromatic N) is 4. The molecule has 0 unspecified atom stereocenters. The van der Waals surface area contributed by atoms with E-state index in [1.54, 1.807) is 30.5 Å². The van der Waals surface area contributed by atoms with Crippen LogP contribution in [-0.2, 0) is 0 Å². The summed E-state index contributed by atoms with van der Waals surface area (Å²) in [5, 5.41) is 11.0. The van der Waals surface area contributed by atoms with Gasteiger partial charge >= 0.3 is 0 Å². The van der Waals surface area contributed by atoms with Gasteiger partial charge in [-0.1, -0.05) is 30.3 Å². The lowest BCUT2D eigenvalue weighted by Gasteiger charge is -2.16. The molecule has 3 heterocycles. The molecular weight excluding hydrogens is 484 g/mol. The average molecular weight is 509 g/mol. The molecule has 0 fully saturated rings. The SMILES string of the molecule is CCOc1nc2nc3ccn(-c4cc(OC)c(OC)c(OC)c4)c(=O)c3cc2c(-c2ccccc2)c1C#N. The monoisotopic (exact) mass is 508 g/mol. The largest absolute Gasteiger partial charge is 0.493 e. The molecule has 5 rings (SSSR count). The molecule has 0 amide bonds. The van der Waals surface area contributed by atoms with Crippen LogP contribution in [0.1, 0.15) is 12.5 Å². The Morgan fingerprint density at radius 1 is 0.921 bits per heavy atom. The van der Waals surface area contributed by atoms with Crippen molar-refractivity contribution >= 4 is 21.9 Å². The molecule has 38 heavy (non-hydrogen) atoms. The van der Waals surface area contributed by atoms with Gasteiger partial charge < -0.3 is 18.9 Å². The highest BCUT2D eigenvalue weighted by Crippen LogP contribution is 2.39. The molecular formula is C29H24N4O5. The van der Waals surface area contributed by atoms with Gasteiger partial charge in [0.1, 0.15) is 11.6 Å². The van der Waals surface area contributed by atoms with Crippen molar-refractivity contribution in [2.24, 2.45) is 0 Å². The van der Waals surface area contributed by atoms with Crippen molar-refractivity contribution in [3.8, 4) is 46.0 Å². The number of rotatable bonds is 7. The van der Waals surface area contributed by atoms with E-state index < -0.39 is 0 Å². The van der Waals surface area contributed by atoms with Crippen molar-refractivity contribution in [1.82, 2.24) is 14.5 Å². The Balaban J connectivity index is 1.83. The number of benzene rings is 2. The van der Waals surface area contributed by atoms with Crippen molar-refractivity contribution < 1.29 is 18.9 Å². The van der Waals surface area contributed by atoms with Crippen LogP contribution in [0.15, 0.2) is 65.6 Å². The van der Waals surface area contributed by atoms with Gasteiger partial charge in [-0.05, 0) is 24.6 Å². The molecule has 0 saturated carbocycles. The van der Waals surface area contributed by atoms with E-state index in [0.717, 1.165) is 5.56 Å². The Labute approximate surface area is 218 Å². The number of hydrogen-bond acceptors (Lipinski definition) is 8. The number of nitriles is 1. The molecule has 9 heteroatoms. The van der Waals surface area contributed by atoms with Gasteiger partial charge in [-0.25, -0.2) is 4.98 Å². The van der Waals surface area contributed by atoms with Crippen molar-refractivity contribution in [2.75, 3.05) is 27.9 Å². The van der Waals surface area contributed by atoms with Crippen LogP contribution in [0.25, 0.3) is 38.8 Å². The maximum absolute atomic E-state index is 13.8. The van der Waals surface area contributed by atoms with Gasteiger partial charge in [0.05, 0.1) is 44.5 Å². The minimum absolute atomic E-state index is 0.207. The minimum Gasteiger partial charge on any atom is -0.493 e. The topological polar surface area (TPSA) is 108 Å².